The van der Waals surface area contributed by atoms with Gasteiger partial charge in [-0.25, -0.2) is 0 Å². The second-order valence-electron chi connectivity index (χ2n) is 36.5. The van der Waals surface area contributed by atoms with Crippen LogP contribution in [0.25, 0.3) is 0 Å². The highest BCUT2D eigenvalue weighted by Crippen LogP contribution is 2.36. The highest BCUT2D eigenvalue weighted by molar-refractivity contribution is 6.97. The summed E-state index contributed by atoms with van der Waals surface area (Å²) in [6.45, 7) is 93.7. The lowest BCUT2D eigenvalue weighted by atomic mass is 10.5. The largest absolute Gasteiger partial charge is 0.436 e. The quantitative estimate of drug-likeness (QED) is 0.0424. The van der Waals surface area contributed by atoms with E-state index < -0.39 is 188 Å². The fourth-order valence-electron chi connectivity index (χ4n) is 14.3. The summed E-state index contributed by atoms with van der Waals surface area (Å²) in [7, 11) is -60.8. The third kappa shape index (κ3) is 50.6. The Labute approximate surface area is 641 Å². The smallest absolute Gasteiger partial charge is 0.314 e. The molecule has 0 aromatic rings. The maximum atomic E-state index is 9.11. The summed E-state index contributed by atoms with van der Waals surface area (Å²) in [5.41, 5.74) is 0. The molecule has 2 N–H and O–H groups in total. The third-order valence-electron chi connectivity index (χ3n) is 13.0. The summed E-state index contributed by atoms with van der Waals surface area (Å²) in [6.07, 6.45) is 1.26. The number of aliphatic hydroxyl groups is 2. The summed E-state index contributed by atoms with van der Waals surface area (Å²) < 4.78 is 157. The van der Waals surface area contributed by atoms with Crippen LogP contribution in [0.1, 0.15) is 12.8 Å². The van der Waals surface area contributed by atoms with Gasteiger partial charge in [-0.15, -0.1) is 0 Å². The molecule has 25 nitrogen and oxygen atoms in total. The van der Waals surface area contributed by atoms with Crippen LogP contribution in [0.2, 0.25) is 300 Å². The average Bonchev–Trinajstić information content (AvgIpc) is 0.808. The average molecular weight is 1820 g/mol. The fourth-order valence-corrected chi connectivity index (χ4v) is 128. The molecule has 0 fully saturated rings. The summed E-state index contributed by atoms with van der Waals surface area (Å²) in [5.74, 6) is 0. The molecule has 0 aliphatic heterocycles. The number of rotatable bonds is 54. The van der Waals surface area contributed by atoms with Crippen molar-refractivity contribution in [3.05, 3.63) is 0 Å². The minimum absolute atomic E-state index is 0.124. The molecular formula is C54H154O25Si22. The predicted molar refractivity (Wildman–Crippen MR) is 462 cm³/mol. The first-order chi connectivity index (χ1) is 44.0. The van der Waals surface area contributed by atoms with E-state index in [1.807, 2.05) is 0 Å². The van der Waals surface area contributed by atoms with Crippen LogP contribution in [0.5, 0.6) is 0 Å². The van der Waals surface area contributed by atoms with E-state index in [9.17, 15) is 0 Å². The summed E-state index contributed by atoms with van der Waals surface area (Å²) in [5, 5.41) is 18.2. The van der Waals surface area contributed by atoms with Crippen LogP contribution in [0.3, 0.4) is 0 Å². The van der Waals surface area contributed by atoms with Crippen molar-refractivity contribution in [2.45, 2.75) is 313 Å². The van der Waals surface area contributed by atoms with Gasteiger partial charge in [0, 0.05) is 39.6 Å². The summed E-state index contributed by atoms with van der Waals surface area (Å²) in [4.78, 5) is 0. The maximum absolute atomic E-state index is 9.11. The van der Waals surface area contributed by atoms with Gasteiger partial charge in [0.05, 0.1) is 0 Å². The second kappa shape index (κ2) is 38.5. The highest BCUT2D eigenvalue weighted by Gasteiger charge is 2.55. The van der Waals surface area contributed by atoms with Gasteiger partial charge in [-0.3, -0.25) is 0 Å². The van der Waals surface area contributed by atoms with Crippen LogP contribution < -0.4 is 0 Å². The second-order valence-corrected chi connectivity index (χ2v) is 118. The molecule has 0 atom stereocenters. The maximum Gasteiger partial charge on any atom is 0.314 e. The molecule has 0 aromatic heterocycles. The fraction of sp³-hybridized carbons (Fsp3) is 1.00. The van der Waals surface area contributed by atoms with Crippen LogP contribution in [0.4, 0.5) is 0 Å². The van der Waals surface area contributed by atoms with E-state index >= 15 is 0 Å². The molecule has 0 bridgehead atoms. The first-order valence-electron chi connectivity index (χ1n) is 36.1. The summed E-state index contributed by atoms with van der Waals surface area (Å²) in [6, 6.07) is 1.68. The van der Waals surface area contributed by atoms with Crippen molar-refractivity contribution >= 4 is 188 Å². The van der Waals surface area contributed by atoms with Gasteiger partial charge in [-0.2, -0.15) is 0 Å². The molecule has 0 unspecified atom stereocenters. The van der Waals surface area contributed by atoms with E-state index in [-0.39, 0.29) is 13.2 Å². The molecule has 47 heteroatoms. The molecule has 0 saturated carbocycles. The van der Waals surface area contributed by atoms with Gasteiger partial charge in [-0.1, -0.05) is 0 Å². The Morgan fingerprint density at radius 2 is 0.248 bits per heavy atom. The van der Waals surface area contributed by atoms with Crippen molar-refractivity contribution in [2.24, 2.45) is 0 Å². The molecule has 0 aliphatic rings. The monoisotopic (exact) mass is 1820 g/mol. The third-order valence-corrected chi connectivity index (χ3v) is 98.9. The number of hydrogen-bond donors (Lipinski definition) is 2. The Balaban J connectivity index is 5.83. The van der Waals surface area contributed by atoms with E-state index in [0.717, 1.165) is 12.1 Å². The Kier molecular flexibility index (Phi) is 39.9. The molecule has 0 heterocycles. The van der Waals surface area contributed by atoms with Gasteiger partial charge in [0.2, 0.25) is 0 Å². The van der Waals surface area contributed by atoms with Crippen LogP contribution in [0.15, 0.2) is 0 Å². The number of aliphatic hydroxyl groups excluding tert-OH is 2. The normalized spacial score (nSPS) is 15.7. The van der Waals surface area contributed by atoms with Crippen LogP contribution >= 0.6 is 0 Å². The van der Waals surface area contributed by atoms with Crippen molar-refractivity contribution < 1.29 is 106 Å². The van der Waals surface area contributed by atoms with Gasteiger partial charge >= 0.3 is 171 Å². The zero-order valence-electron chi connectivity index (χ0n) is 72.4. The van der Waals surface area contributed by atoms with Crippen LogP contribution in [0, 0.1) is 0 Å². The topological polar surface area (TPSA) is 253 Å². The first-order valence-corrected chi connectivity index (χ1v) is 98.6. The lowest BCUT2D eigenvalue weighted by Gasteiger charge is -2.45. The standard InChI is InChI=1S/C54H154O25Si22/c1-80(2,53-51-57-49-45-47-55)59-82(5,6)61-84(9,10)63-86(13,14)65-88(17,18)67-90(21,22)69-92(25,26)71-94(29,30)73-96(33,34)75-98(37,38)77-100(41,42)79-101(43,44)78-99(39,40)76-97(35,36)74-95(31,32)72-93(27,28)70-91(23,24)68-89(19,20)66-87(15,16)64-85(11,12)62-83(7,8)60-81(3,4)54-52-58-50-46-48-56/h55-56H,45-54H2,1-44H3. The molecule has 0 spiro atoms. The van der Waals surface area contributed by atoms with E-state index in [0.29, 0.717) is 39.3 Å². The lowest BCUT2D eigenvalue weighted by molar-refractivity contribution is 0.124. The molecule has 0 amide bonds. The van der Waals surface area contributed by atoms with Gasteiger partial charge in [0.1, 0.15) is 0 Å². The lowest BCUT2D eigenvalue weighted by Crippen LogP contribution is -2.63. The zero-order valence-corrected chi connectivity index (χ0v) is 94.4. The molecule has 0 rings (SSSR count). The molecule has 0 saturated heterocycles. The SMILES string of the molecule is C[Si](C)(CCOCCCO)O[Si](C)(C)O[Si](C)(C)O[Si](C)(C)O[Si](C)(C)O[Si](C)(C)O[Si](C)(C)O[Si](C)(C)O[Si](C)(C)O[Si](C)(C)O[Si](C)(C)O[Si](C)(C)O[Si](C)(C)O[Si](C)(C)O[Si](C)(C)O[Si](C)(C)O[Si](C)(C)O[Si](C)(C)O[Si](C)(C)O[Si](C)(C)O[Si](C)(C)O[Si](C)(C)CCOCCCO. The first kappa shape index (κ1) is 105. The van der Waals surface area contributed by atoms with E-state index in [2.05, 4.69) is 288 Å². The molecular weight excluding hydrogens is 1670 g/mol. The molecule has 608 valence electrons. The molecule has 0 radical (unpaired) electrons. The number of hydrogen-bond acceptors (Lipinski definition) is 25. The van der Waals surface area contributed by atoms with Crippen molar-refractivity contribution in [1.29, 1.82) is 0 Å². The minimum atomic E-state index is -2.91. The number of ether oxygens (including phenoxy) is 2. The van der Waals surface area contributed by atoms with E-state index in [1.165, 1.54) is 0 Å². The molecule has 0 aliphatic carbocycles. The Morgan fingerprint density at radius 1 is 0.149 bits per heavy atom. The van der Waals surface area contributed by atoms with Crippen LogP contribution in [-0.4, -0.2) is 238 Å². The zero-order chi connectivity index (χ0) is 80.3. The van der Waals surface area contributed by atoms with E-state index in [4.69, 9.17) is 106 Å². The Hall–Kier alpha value is 3.77. The molecule has 0 aromatic carbocycles. The van der Waals surface area contributed by atoms with E-state index in [1.54, 1.807) is 0 Å². The van der Waals surface area contributed by atoms with Gasteiger partial charge in [0.25, 0.3) is 0 Å². The van der Waals surface area contributed by atoms with Crippen molar-refractivity contribution in [3.8, 4) is 0 Å². The van der Waals surface area contributed by atoms with Gasteiger partial charge in [0.15, 0.2) is 16.6 Å². The van der Waals surface area contributed by atoms with Gasteiger partial charge in [-0.05, 0) is 313 Å². The van der Waals surface area contributed by atoms with Crippen molar-refractivity contribution in [1.82, 2.24) is 0 Å². The van der Waals surface area contributed by atoms with Crippen molar-refractivity contribution in [2.75, 3.05) is 39.6 Å². The van der Waals surface area contributed by atoms with Gasteiger partial charge < -0.3 is 106 Å². The van der Waals surface area contributed by atoms with Crippen molar-refractivity contribution in [3.63, 3.8) is 0 Å². The highest BCUT2D eigenvalue weighted by atomic mass is 28.6. The molecule has 101 heavy (non-hydrogen) atoms. The Morgan fingerprint density at radius 3 is 0.347 bits per heavy atom. The minimum Gasteiger partial charge on any atom is -0.436 e. The Bertz CT molecular complexity index is 2330. The summed E-state index contributed by atoms with van der Waals surface area (Å²) >= 11 is 0. The van der Waals surface area contributed by atoms with Crippen LogP contribution in [-0.2, 0) is 95.9 Å². The predicted octanol–water partition coefficient (Wildman–Crippen LogP) is 16.6.